The summed E-state index contributed by atoms with van der Waals surface area (Å²) in [6, 6.07) is 87.6. The lowest BCUT2D eigenvalue weighted by Gasteiger charge is -2.35. The molecule has 1 aliphatic carbocycles. The number of rotatable bonds is 6. The molecule has 0 fully saturated rings. The second-order valence-electron chi connectivity index (χ2n) is 16.1. The standard InChI is InChI=1S/C59H39N/c1-4-14-40(15-5-1)43-28-32-55-56-35-31-50(39-58(56)59(57(55)38-43,46-18-6-2-7-19-46)47-20-8-3-9-21-47)60(48-29-33-53-44(36-48)26-24-41-16-10-12-22-51(41)53)49-30-34-54-45(37-49)27-25-42-17-11-13-23-52(42)54/h1-39H. The Balaban J connectivity index is 1.13. The van der Waals surface area contributed by atoms with E-state index < -0.39 is 5.41 Å². The van der Waals surface area contributed by atoms with Gasteiger partial charge in [0, 0.05) is 17.1 Å². The van der Waals surface area contributed by atoms with E-state index in [0.717, 1.165) is 17.1 Å². The van der Waals surface area contributed by atoms with Crippen LogP contribution in [0.4, 0.5) is 17.1 Å². The third-order valence-electron chi connectivity index (χ3n) is 12.9. The van der Waals surface area contributed by atoms with Crippen LogP contribution in [-0.4, -0.2) is 0 Å². The molecular weight excluding hydrogens is 723 g/mol. The quantitative estimate of drug-likeness (QED) is 0.153. The van der Waals surface area contributed by atoms with Crippen LogP contribution in [0.2, 0.25) is 0 Å². The first-order chi connectivity index (χ1) is 29.7. The van der Waals surface area contributed by atoms with Gasteiger partial charge in [-0.1, -0.05) is 194 Å². The van der Waals surface area contributed by atoms with Crippen LogP contribution in [0.25, 0.3) is 65.3 Å². The molecule has 0 heterocycles. The van der Waals surface area contributed by atoms with Gasteiger partial charge in [-0.15, -0.1) is 0 Å². The molecule has 11 aromatic rings. The summed E-state index contributed by atoms with van der Waals surface area (Å²) in [5, 5.41) is 9.99. The number of benzene rings is 11. The van der Waals surface area contributed by atoms with Crippen molar-refractivity contribution >= 4 is 60.2 Å². The predicted octanol–water partition coefficient (Wildman–Crippen LogP) is 15.8. The summed E-state index contributed by atoms with van der Waals surface area (Å²) in [5.41, 5.74) is 12.8. The zero-order valence-electron chi connectivity index (χ0n) is 33.0. The minimum absolute atomic E-state index is 0.565. The van der Waals surface area contributed by atoms with Crippen molar-refractivity contribution in [3.63, 3.8) is 0 Å². The SMILES string of the molecule is c1ccc(-c2ccc3c(c2)C(c2ccccc2)(c2ccccc2)c2cc(N(c4ccc5c(ccc6ccccc65)c4)c4ccc5c(ccc6ccccc65)c4)ccc2-3)cc1. The highest BCUT2D eigenvalue weighted by molar-refractivity contribution is 6.10. The van der Waals surface area contributed by atoms with Crippen LogP contribution in [0.5, 0.6) is 0 Å². The Labute approximate surface area is 350 Å². The number of fused-ring (bicyclic) bond motifs is 9. The molecule has 0 unspecified atom stereocenters. The van der Waals surface area contributed by atoms with Gasteiger partial charge in [0.2, 0.25) is 0 Å². The van der Waals surface area contributed by atoms with E-state index in [4.69, 9.17) is 0 Å². The van der Waals surface area contributed by atoms with Crippen LogP contribution < -0.4 is 4.90 Å². The van der Waals surface area contributed by atoms with Crippen molar-refractivity contribution in [2.45, 2.75) is 5.41 Å². The Bertz CT molecular complexity index is 3260. The van der Waals surface area contributed by atoms with Crippen LogP contribution in [-0.2, 0) is 5.41 Å². The van der Waals surface area contributed by atoms with Gasteiger partial charge in [0.25, 0.3) is 0 Å². The van der Waals surface area contributed by atoms with Crippen LogP contribution >= 0.6 is 0 Å². The van der Waals surface area contributed by atoms with Gasteiger partial charge in [0.1, 0.15) is 0 Å². The van der Waals surface area contributed by atoms with Gasteiger partial charge in [-0.05, 0) is 130 Å². The van der Waals surface area contributed by atoms with Crippen molar-refractivity contribution in [1.82, 2.24) is 0 Å². The molecule has 0 bridgehead atoms. The topological polar surface area (TPSA) is 3.24 Å². The average molecular weight is 762 g/mol. The molecule has 11 aromatic carbocycles. The molecule has 0 atom stereocenters. The zero-order valence-corrected chi connectivity index (χ0v) is 33.0. The van der Waals surface area contributed by atoms with Gasteiger partial charge in [-0.3, -0.25) is 0 Å². The Morgan fingerprint density at radius 1 is 0.267 bits per heavy atom. The van der Waals surface area contributed by atoms with E-state index in [1.54, 1.807) is 0 Å². The third-order valence-corrected chi connectivity index (χ3v) is 12.9. The highest BCUT2D eigenvalue weighted by Gasteiger charge is 2.46. The minimum atomic E-state index is -0.565. The predicted molar refractivity (Wildman–Crippen MR) is 254 cm³/mol. The van der Waals surface area contributed by atoms with Crippen molar-refractivity contribution < 1.29 is 0 Å². The summed E-state index contributed by atoms with van der Waals surface area (Å²) < 4.78 is 0. The molecule has 0 aromatic heterocycles. The lowest BCUT2D eigenvalue weighted by atomic mass is 9.67. The molecule has 1 nitrogen and oxygen atoms in total. The van der Waals surface area contributed by atoms with Crippen molar-refractivity contribution in [2.75, 3.05) is 4.90 Å². The largest absolute Gasteiger partial charge is 0.310 e. The van der Waals surface area contributed by atoms with E-state index in [1.807, 2.05) is 0 Å². The van der Waals surface area contributed by atoms with Gasteiger partial charge in [0.05, 0.1) is 5.41 Å². The molecule has 12 rings (SSSR count). The zero-order chi connectivity index (χ0) is 39.6. The smallest absolute Gasteiger partial charge is 0.0714 e. The fraction of sp³-hybridized carbons (Fsp3) is 0.0169. The molecule has 280 valence electrons. The summed E-state index contributed by atoms with van der Waals surface area (Å²) in [6.07, 6.45) is 0. The maximum Gasteiger partial charge on any atom is 0.0714 e. The van der Waals surface area contributed by atoms with Crippen LogP contribution in [0.1, 0.15) is 22.3 Å². The molecule has 0 saturated carbocycles. The lowest BCUT2D eigenvalue weighted by Crippen LogP contribution is -2.28. The fourth-order valence-electron chi connectivity index (χ4n) is 10.2. The Morgan fingerprint density at radius 2 is 0.683 bits per heavy atom. The molecule has 1 aliphatic rings. The second kappa shape index (κ2) is 13.7. The fourth-order valence-corrected chi connectivity index (χ4v) is 10.2. The second-order valence-corrected chi connectivity index (χ2v) is 16.1. The summed E-state index contributed by atoms with van der Waals surface area (Å²) in [4.78, 5) is 2.46. The first kappa shape index (κ1) is 34.3. The normalized spacial score (nSPS) is 12.8. The maximum atomic E-state index is 2.48. The van der Waals surface area contributed by atoms with Crippen LogP contribution in [0, 0.1) is 0 Å². The summed E-state index contributed by atoms with van der Waals surface area (Å²) in [7, 11) is 0. The minimum Gasteiger partial charge on any atom is -0.310 e. The molecule has 0 spiro atoms. The van der Waals surface area contributed by atoms with E-state index in [-0.39, 0.29) is 0 Å². The van der Waals surface area contributed by atoms with Crippen molar-refractivity contribution in [3.05, 3.63) is 259 Å². The molecular formula is C59H39N. The lowest BCUT2D eigenvalue weighted by molar-refractivity contribution is 0.768. The highest BCUT2D eigenvalue weighted by Crippen LogP contribution is 2.58. The molecule has 0 N–H and O–H groups in total. The Morgan fingerprint density at radius 3 is 1.25 bits per heavy atom. The van der Waals surface area contributed by atoms with Gasteiger partial charge in [-0.2, -0.15) is 0 Å². The van der Waals surface area contributed by atoms with E-state index in [1.165, 1.54) is 87.6 Å². The monoisotopic (exact) mass is 761 g/mol. The van der Waals surface area contributed by atoms with E-state index in [9.17, 15) is 0 Å². The molecule has 0 radical (unpaired) electrons. The molecule has 60 heavy (non-hydrogen) atoms. The highest BCUT2D eigenvalue weighted by atomic mass is 15.1. The first-order valence-electron chi connectivity index (χ1n) is 20.8. The van der Waals surface area contributed by atoms with Crippen molar-refractivity contribution in [3.8, 4) is 22.3 Å². The van der Waals surface area contributed by atoms with Gasteiger partial charge in [0.15, 0.2) is 0 Å². The summed E-state index contributed by atoms with van der Waals surface area (Å²) in [6.45, 7) is 0. The maximum absolute atomic E-state index is 2.48. The van der Waals surface area contributed by atoms with Crippen LogP contribution in [0.3, 0.4) is 0 Å². The Kier molecular flexibility index (Phi) is 7.83. The average Bonchev–Trinajstić information content (AvgIpc) is 3.62. The van der Waals surface area contributed by atoms with Gasteiger partial charge >= 0.3 is 0 Å². The number of nitrogens with zero attached hydrogens (tertiary/aromatic N) is 1. The molecule has 0 aliphatic heterocycles. The van der Waals surface area contributed by atoms with Gasteiger partial charge in [-0.25, -0.2) is 0 Å². The van der Waals surface area contributed by atoms with Crippen molar-refractivity contribution in [2.24, 2.45) is 0 Å². The molecule has 0 saturated heterocycles. The number of hydrogen-bond acceptors (Lipinski definition) is 1. The van der Waals surface area contributed by atoms with E-state index >= 15 is 0 Å². The van der Waals surface area contributed by atoms with Crippen molar-refractivity contribution in [1.29, 1.82) is 0 Å². The Hall–Kier alpha value is -7.74. The molecule has 0 amide bonds. The summed E-state index contributed by atoms with van der Waals surface area (Å²) >= 11 is 0. The number of anilines is 3. The van der Waals surface area contributed by atoms with Gasteiger partial charge < -0.3 is 4.90 Å². The number of hydrogen-bond donors (Lipinski definition) is 0. The first-order valence-corrected chi connectivity index (χ1v) is 20.8. The van der Waals surface area contributed by atoms with E-state index in [2.05, 4.69) is 241 Å². The molecule has 1 heteroatoms. The third kappa shape index (κ3) is 5.26. The van der Waals surface area contributed by atoms with E-state index in [0.29, 0.717) is 0 Å². The van der Waals surface area contributed by atoms with Crippen LogP contribution in [0.15, 0.2) is 237 Å². The summed E-state index contributed by atoms with van der Waals surface area (Å²) in [5.74, 6) is 0.